The molecule has 5 nitrogen and oxygen atoms in total. The fraction of sp³-hybridized carbons (Fsp3) is 0.500. The van der Waals surface area contributed by atoms with Crippen LogP contribution in [0.2, 0.25) is 0 Å². The van der Waals surface area contributed by atoms with Crippen LogP contribution in [0, 0.1) is 0 Å². The third-order valence-electron chi connectivity index (χ3n) is 2.53. The average molecular weight is 326 g/mol. The zero-order chi connectivity index (χ0) is 16.1. The molecule has 1 aromatic rings. The van der Waals surface area contributed by atoms with Crippen LogP contribution in [-0.2, 0) is 16.2 Å². The lowest BCUT2D eigenvalue weighted by atomic mass is 10.2. The van der Waals surface area contributed by atoms with Crippen LogP contribution in [-0.4, -0.2) is 39.3 Å². The highest BCUT2D eigenvalue weighted by atomic mass is 32.2. The molecule has 0 saturated heterocycles. The molecule has 1 rings (SSSR count). The van der Waals surface area contributed by atoms with Gasteiger partial charge in [-0.05, 0) is 31.2 Å². The zero-order valence-electron chi connectivity index (χ0n) is 11.3. The van der Waals surface area contributed by atoms with Gasteiger partial charge in [-0.2, -0.15) is 13.2 Å². The van der Waals surface area contributed by atoms with E-state index in [2.05, 4.69) is 10.0 Å². The maximum Gasteiger partial charge on any atom is 0.416 e. The first-order valence-corrected chi connectivity index (χ1v) is 7.67. The molecule has 1 aromatic carbocycles. The van der Waals surface area contributed by atoms with Gasteiger partial charge < -0.3 is 10.4 Å². The number of aliphatic hydroxyl groups excluding tert-OH is 1. The molecule has 3 N–H and O–H groups in total. The van der Waals surface area contributed by atoms with Crippen LogP contribution in [0.15, 0.2) is 29.2 Å². The summed E-state index contributed by atoms with van der Waals surface area (Å²) in [6.07, 6.45) is -5.04. The number of nitrogens with one attached hydrogen (secondary N) is 2. The number of hydrogen-bond acceptors (Lipinski definition) is 4. The lowest BCUT2D eigenvalue weighted by Gasteiger charge is -2.10. The van der Waals surface area contributed by atoms with Crippen LogP contribution in [0.4, 0.5) is 13.2 Å². The molecular formula is C12H17F3N2O3S. The lowest BCUT2D eigenvalue weighted by molar-refractivity contribution is -0.137. The van der Waals surface area contributed by atoms with Crippen molar-refractivity contribution in [3.8, 4) is 0 Å². The second-order valence-electron chi connectivity index (χ2n) is 4.47. The van der Waals surface area contributed by atoms with Crippen LogP contribution >= 0.6 is 0 Å². The number of hydrogen-bond donors (Lipinski definition) is 3. The highest BCUT2D eigenvalue weighted by Gasteiger charge is 2.30. The van der Waals surface area contributed by atoms with Gasteiger partial charge in [0.25, 0.3) is 0 Å². The Labute approximate surface area is 121 Å². The zero-order valence-corrected chi connectivity index (χ0v) is 12.1. The summed E-state index contributed by atoms with van der Waals surface area (Å²) in [7, 11) is -3.84. The van der Waals surface area contributed by atoms with Crippen LogP contribution in [0.3, 0.4) is 0 Å². The predicted octanol–water partition coefficient (Wildman–Crippen LogP) is 0.954. The van der Waals surface area contributed by atoms with Crippen molar-refractivity contribution in [1.82, 2.24) is 10.0 Å². The van der Waals surface area contributed by atoms with Crippen molar-refractivity contribution >= 4 is 10.0 Å². The summed E-state index contributed by atoms with van der Waals surface area (Å²) in [5, 5.41) is 11.8. The van der Waals surface area contributed by atoms with Gasteiger partial charge in [0.1, 0.15) is 0 Å². The highest BCUT2D eigenvalue weighted by Crippen LogP contribution is 2.29. The van der Waals surface area contributed by atoms with E-state index in [1.165, 1.54) is 0 Å². The molecule has 0 aliphatic heterocycles. The molecule has 0 saturated carbocycles. The highest BCUT2D eigenvalue weighted by molar-refractivity contribution is 7.89. The van der Waals surface area contributed by atoms with Crippen molar-refractivity contribution in [3.05, 3.63) is 29.8 Å². The van der Waals surface area contributed by atoms with E-state index in [4.69, 9.17) is 5.11 Å². The van der Waals surface area contributed by atoms with Gasteiger partial charge in [0.05, 0.1) is 16.6 Å². The summed E-state index contributed by atoms with van der Waals surface area (Å²) < 4.78 is 63.0. The summed E-state index contributed by atoms with van der Waals surface area (Å²) in [6.45, 7) is 2.27. The van der Waals surface area contributed by atoms with Crippen molar-refractivity contribution in [3.63, 3.8) is 0 Å². The monoisotopic (exact) mass is 326 g/mol. The average Bonchev–Trinajstić information content (AvgIpc) is 2.37. The summed E-state index contributed by atoms with van der Waals surface area (Å²) in [5.41, 5.74) is -0.903. The van der Waals surface area contributed by atoms with Gasteiger partial charge >= 0.3 is 6.18 Å². The first-order valence-electron chi connectivity index (χ1n) is 6.18. The minimum absolute atomic E-state index is 0.0656. The fourth-order valence-electron chi connectivity index (χ4n) is 1.49. The lowest BCUT2D eigenvalue weighted by Crippen LogP contribution is -2.34. The van der Waals surface area contributed by atoms with Gasteiger partial charge in [-0.25, -0.2) is 13.1 Å². The van der Waals surface area contributed by atoms with Crippen molar-refractivity contribution in [1.29, 1.82) is 0 Å². The first-order chi connectivity index (χ1) is 9.63. The second-order valence-corrected chi connectivity index (χ2v) is 6.24. The molecule has 0 radical (unpaired) electrons. The minimum atomic E-state index is -4.50. The Morgan fingerprint density at radius 3 is 2.24 bits per heavy atom. The molecule has 0 aliphatic carbocycles. The molecule has 0 aromatic heterocycles. The van der Waals surface area contributed by atoms with Gasteiger partial charge in [-0.3, -0.25) is 0 Å². The van der Waals surface area contributed by atoms with Crippen molar-refractivity contribution in [2.75, 3.05) is 19.6 Å². The first kappa shape index (κ1) is 17.9. The Morgan fingerprint density at radius 1 is 1.19 bits per heavy atom. The van der Waals surface area contributed by atoms with Crippen LogP contribution in [0.1, 0.15) is 12.5 Å². The van der Waals surface area contributed by atoms with Crippen molar-refractivity contribution in [2.45, 2.75) is 24.1 Å². The van der Waals surface area contributed by atoms with Crippen molar-refractivity contribution in [2.24, 2.45) is 0 Å². The Kier molecular flexibility index (Phi) is 6.14. The Bertz CT molecular complexity index is 542. The van der Waals surface area contributed by atoms with E-state index in [1.807, 2.05) is 0 Å². The number of sulfonamides is 1. The summed E-state index contributed by atoms with van der Waals surface area (Å²) in [5.74, 6) is 0. The molecule has 0 bridgehead atoms. The molecule has 0 aliphatic rings. The SMILES string of the molecule is CC(O)CNCCNS(=O)(=O)c1ccc(C(F)(F)F)cc1. The standard InChI is InChI=1S/C12H17F3N2O3S/c1-9(18)8-16-6-7-17-21(19,20)11-4-2-10(3-5-11)12(13,14)15/h2-5,9,16-18H,6-8H2,1H3. The quantitative estimate of drug-likeness (QED) is 0.652. The number of benzene rings is 1. The van der Waals surface area contributed by atoms with E-state index in [-0.39, 0.29) is 11.4 Å². The Balaban J connectivity index is 2.58. The third kappa shape index (κ3) is 6.00. The van der Waals surface area contributed by atoms with Gasteiger partial charge in [0, 0.05) is 19.6 Å². The number of alkyl halides is 3. The summed E-state index contributed by atoms with van der Waals surface area (Å²) in [4.78, 5) is -0.231. The molecule has 0 amide bonds. The smallest absolute Gasteiger partial charge is 0.392 e. The molecule has 0 fully saturated rings. The van der Waals surface area contributed by atoms with E-state index in [9.17, 15) is 21.6 Å². The molecule has 1 atom stereocenters. The normalized spacial score (nSPS) is 14.1. The van der Waals surface area contributed by atoms with Gasteiger partial charge in [-0.1, -0.05) is 0 Å². The molecular weight excluding hydrogens is 309 g/mol. The predicted molar refractivity (Wildman–Crippen MR) is 71.2 cm³/mol. The number of aliphatic hydroxyl groups is 1. The van der Waals surface area contributed by atoms with Crippen LogP contribution in [0.25, 0.3) is 0 Å². The van der Waals surface area contributed by atoms with Crippen LogP contribution in [0.5, 0.6) is 0 Å². The molecule has 120 valence electrons. The third-order valence-corrected chi connectivity index (χ3v) is 4.00. The molecule has 1 unspecified atom stereocenters. The maximum atomic E-state index is 12.4. The van der Waals surface area contributed by atoms with Crippen molar-refractivity contribution < 1.29 is 26.7 Å². The maximum absolute atomic E-state index is 12.4. The van der Waals surface area contributed by atoms with Gasteiger partial charge in [0.2, 0.25) is 10.0 Å². The molecule has 9 heteroatoms. The summed E-state index contributed by atoms with van der Waals surface area (Å²) >= 11 is 0. The molecule has 21 heavy (non-hydrogen) atoms. The number of halogens is 3. The Morgan fingerprint density at radius 2 is 1.76 bits per heavy atom. The van der Waals surface area contributed by atoms with Gasteiger partial charge in [0.15, 0.2) is 0 Å². The van der Waals surface area contributed by atoms with E-state index >= 15 is 0 Å². The number of rotatable bonds is 7. The van der Waals surface area contributed by atoms with Crippen LogP contribution < -0.4 is 10.0 Å². The van der Waals surface area contributed by atoms with Gasteiger partial charge in [-0.15, -0.1) is 0 Å². The topological polar surface area (TPSA) is 78.4 Å². The van der Waals surface area contributed by atoms with E-state index in [1.54, 1.807) is 6.92 Å². The molecule has 0 spiro atoms. The van der Waals surface area contributed by atoms with E-state index in [0.717, 1.165) is 24.3 Å². The van der Waals surface area contributed by atoms with E-state index in [0.29, 0.717) is 13.1 Å². The Hall–Kier alpha value is -1.16. The molecule has 0 heterocycles. The fourth-order valence-corrected chi connectivity index (χ4v) is 2.52. The second kappa shape index (κ2) is 7.21. The minimum Gasteiger partial charge on any atom is -0.392 e. The van der Waals surface area contributed by atoms with E-state index < -0.39 is 27.9 Å². The summed E-state index contributed by atoms with van der Waals surface area (Å²) in [6, 6.07) is 3.27. The largest absolute Gasteiger partial charge is 0.416 e.